The highest BCUT2D eigenvalue weighted by atomic mass is 32.1. The van der Waals surface area contributed by atoms with Gasteiger partial charge in [0.25, 0.3) is 0 Å². The van der Waals surface area contributed by atoms with Crippen LogP contribution in [0, 0.1) is 0 Å². The Kier molecular flexibility index (Phi) is 4.78. The molecule has 0 fully saturated rings. The summed E-state index contributed by atoms with van der Waals surface area (Å²) in [4.78, 5) is 12.2. The third kappa shape index (κ3) is 3.81. The van der Waals surface area contributed by atoms with E-state index in [1.807, 2.05) is 67.6 Å². The standard InChI is InChI=1S/C18H17N3OS/c1-13(14-8-4-2-5-9-14)17(22)19-12-16-20-21-18(23-16)15-10-6-3-7-11-15/h2-11,13H,12H2,1H3,(H,19,22)/t13-/m0/s1. The van der Waals surface area contributed by atoms with Gasteiger partial charge in [-0.15, -0.1) is 10.2 Å². The number of carbonyl (C=O) groups is 1. The summed E-state index contributed by atoms with van der Waals surface area (Å²) in [5.41, 5.74) is 2.05. The SMILES string of the molecule is C[C@H](C(=O)NCc1nnc(-c2ccccc2)s1)c1ccccc1. The predicted octanol–water partition coefficient (Wildman–Crippen LogP) is 3.63. The second-order valence-corrected chi connectivity index (χ2v) is 6.28. The molecular formula is C18H17N3OS. The number of benzene rings is 2. The molecule has 2 aromatic carbocycles. The van der Waals surface area contributed by atoms with E-state index in [-0.39, 0.29) is 11.8 Å². The molecule has 1 N–H and O–H groups in total. The van der Waals surface area contributed by atoms with Crippen LogP contribution >= 0.6 is 11.3 Å². The van der Waals surface area contributed by atoms with Gasteiger partial charge >= 0.3 is 0 Å². The van der Waals surface area contributed by atoms with E-state index in [1.165, 1.54) is 11.3 Å². The van der Waals surface area contributed by atoms with Crippen molar-refractivity contribution in [1.82, 2.24) is 15.5 Å². The Morgan fingerprint density at radius 3 is 2.39 bits per heavy atom. The van der Waals surface area contributed by atoms with Crippen LogP contribution in [0.5, 0.6) is 0 Å². The molecule has 1 aromatic heterocycles. The third-order valence-corrected chi connectivity index (χ3v) is 4.57. The van der Waals surface area contributed by atoms with Crippen LogP contribution in [0.3, 0.4) is 0 Å². The zero-order valence-electron chi connectivity index (χ0n) is 12.8. The van der Waals surface area contributed by atoms with Gasteiger partial charge in [0, 0.05) is 5.56 Å². The van der Waals surface area contributed by atoms with Crippen LogP contribution < -0.4 is 5.32 Å². The lowest BCUT2D eigenvalue weighted by Gasteiger charge is -2.11. The van der Waals surface area contributed by atoms with Gasteiger partial charge in [0.15, 0.2) is 0 Å². The molecule has 3 rings (SSSR count). The van der Waals surface area contributed by atoms with Gasteiger partial charge in [0.1, 0.15) is 10.0 Å². The van der Waals surface area contributed by atoms with Gasteiger partial charge in [-0.3, -0.25) is 4.79 Å². The average molecular weight is 323 g/mol. The number of hydrogen-bond acceptors (Lipinski definition) is 4. The lowest BCUT2D eigenvalue weighted by atomic mass is 10.0. The molecule has 0 aliphatic heterocycles. The summed E-state index contributed by atoms with van der Waals surface area (Å²) in [5, 5.41) is 12.9. The Labute approximate surface area is 139 Å². The van der Waals surface area contributed by atoms with Crippen molar-refractivity contribution in [3.05, 3.63) is 71.2 Å². The predicted molar refractivity (Wildman–Crippen MR) is 92.0 cm³/mol. The van der Waals surface area contributed by atoms with Crippen molar-refractivity contribution in [3.8, 4) is 10.6 Å². The minimum absolute atomic E-state index is 0.00680. The molecule has 0 aliphatic carbocycles. The number of rotatable bonds is 5. The summed E-state index contributed by atoms with van der Waals surface area (Å²) >= 11 is 1.50. The summed E-state index contributed by atoms with van der Waals surface area (Å²) in [6.45, 7) is 2.31. The number of hydrogen-bond donors (Lipinski definition) is 1. The largest absolute Gasteiger partial charge is 0.349 e. The Hall–Kier alpha value is -2.53. The number of nitrogens with zero attached hydrogens (tertiary/aromatic N) is 2. The van der Waals surface area contributed by atoms with Gasteiger partial charge < -0.3 is 5.32 Å². The van der Waals surface area contributed by atoms with Crippen molar-refractivity contribution >= 4 is 17.2 Å². The maximum Gasteiger partial charge on any atom is 0.227 e. The molecule has 0 unspecified atom stereocenters. The molecule has 1 heterocycles. The minimum Gasteiger partial charge on any atom is -0.349 e. The fourth-order valence-electron chi connectivity index (χ4n) is 2.23. The molecule has 1 atom stereocenters. The Morgan fingerprint density at radius 1 is 1.04 bits per heavy atom. The van der Waals surface area contributed by atoms with E-state index in [9.17, 15) is 4.79 Å². The summed E-state index contributed by atoms with van der Waals surface area (Å²) in [6, 6.07) is 19.7. The lowest BCUT2D eigenvalue weighted by molar-refractivity contribution is -0.122. The van der Waals surface area contributed by atoms with E-state index in [0.29, 0.717) is 6.54 Å². The molecule has 0 aliphatic rings. The smallest absolute Gasteiger partial charge is 0.227 e. The zero-order valence-corrected chi connectivity index (χ0v) is 13.6. The fourth-order valence-corrected chi connectivity index (χ4v) is 3.02. The van der Waals surface area contributed by atoms with E-state index in [4.69, 9.17) is 0 Å². The van der Waals surface area contributed by atoms with Crippen LogP contribution in [0.4, 0.5) is 0 Å². The first-order valence-corrected chi connectivity index (χ1v) is 8.26. The number of nitrogens with one attached hydrogen (secondary N) is 1. The highest BCUT2D eigenvalue weighted by molar-refractivity contribution is 7.14. The normalized spacial score (nSPS) is 11.9. The summed E-state index contributed by atoms with van der Waals surface area (Å²) in [7, 11) is 0. The van der Waals surface area contributed by atoms with E-state index < -0.39 is 0 Å². The lowest BCUT2D eigenvalue weighted by Crippen LogP contribution is -2.27. The monoisotopic (exact) mass is 323 g/mol. The van der Waals surface area contributed by atoms with E-state index in [2.05, 4.69) is 15.5 Å². The topological polar surface area (TPSA) is 54.9 Å². The molecule has 0 spiro atoms. The minimum atomic E-state index is -0.183. The molecule has 0 saturated carbocycles. The van der Waals surface area contributed by atoms with Crippen LogP contribution in [0.15, 0.2) is 60.7 Å². The molecule has 1 amide bonds. The molecule has 0 radical (unpaired) electrons. The van der Waals surface area contributed by atoms with Gasteiger partial charge in [0.2, 0.25) is 5.91 Å². The van der Waals surface area contributed by atoms with Crippen molar-refractivity contribution < 1.29 is 4.79 Å². The van der Waals surface area contributed by atoms with Crippen LogP contribution in [0.25, 0.3) is 10.6 Å². The molecular weight excluding hydrogens is 306 g/mol. The van der Waals surface area contributed by atoms with E-state index in [0.717, 1.165) is 21.1 Å². The van der Waals surface area contributed by atoms with Crippen LogP contribution in [0.1, 0.15) is 23.4 Å². The molecule has 3 aromatic rings. The molecule has 5 heteroatoms. The third-order valence-electron chi connectivity index (χ3n) is 3.59. The fraction of sp³-hybridized carbons (Fsp3) is 0.167. The first kappa shape index (κ1) is 15.4. The highest BCUT2D eigenvalue weighted by Gasteiger charge is 2.15. The van der Waals surface area contributed by atoms with Gasteiger partial charge in [-0.25, -0.2) is 0 Å². The Balaban J connectivity index is 1.61. The Bertz CT molecular complexity index is 771. The van der Waals surface area contributed by atoms with Gasteiger partial charge in [-0.05, 0) is 12.5 Å². The van der Waals surface area contributed by atoms with Gasteiger partial charge in [0.05, 0.1) is 12.5 Å². The first-order chi connectivity index (χ1) is 11.2. The molecule has 0 saturated heterocycles. The van der Waals surface area contributed by atoms with Crippen LogP contribution in [-0.2, 0) is 11.3 Å². The zero-order chi connectivity index (χ0) is 16.1. The van der Waals surface area contributed by atoms with Crippen molar-refractivity contribution in [1.29, 1.82) is 0 Å². The van der Waals surface area contributed by atoms with E-state index in [1.54, 1.807) is 0 Å². The first-order valence-electron chi connectivity index (χ1n) is 7.44. The van der Waals surface area contributed by atoms with Crippen molar-refractivity contribution in [2.24, 2.45) is 0 Å². The van der Waals surface area contributed by atoms with E-state index >= 15 is 0 Å². The Morgan fingerprint density at radius 2 is 1.70 bits per heavy atom. The molecule has 0 bridgehead atoms. The van der Waals surface area contributed by atoms with Crippen molar-refractivity contribution in [2.75, 3.05) is 0 Å². The summed E-state index contributed by atoms with van der Waals surface area (Å²) < 4.78 is 0. The highest BCUT2D eigenvalue weighted by Crippen LogP contribution is 2.23. The second-order valence-electron chi connectivity index (χ2n) is 5.22. The molecule has 4 nitrogen and oxygen atoms in total. The number of aromatic nitrogens is 2. The van der Waals surface area contributed by atoms with Gasteiger partial charge in [-0.2, -0.15) is 0 Å². The summed E-state index contributed by atoms with van der Waals surface area (Å²) in [5.74, 6) is -0.189. The second kappa shape index (κ2) is 7.15. The number of carbonyl (C=O) groups excluding carboxylic acids is 1. The number of amides is 1. The summed E-state index contributed by atoms with van der Waals surface area (Å²) in [6.07, 6.45) is 0. The quantitative estimate of drug-likeness (QED) is 0.780. The maximum absolute atomic E-state index is 12.2. The van der Waals surface area contributed by atoms with Crippen molar-refractivity contribution in [3.63, 3.8) is 0 Å². The molecule has 23 heavy (non-hydrogen) atoms. The van der Waals surface area contributed by atoms with Crippen LogP contribution in [0.2, 0.25) is 0 Å². The van der Waals surface area contributed by atoms with Gasteiger partial charge in [-0.1, -0.05) is 72.0 Å². The van der Waals surface area contributed by atoms with Crippen LogP contribution in [-0.4, -0.2) is 16.1 Å². The maximum atomic E-state index is 12.2. The average Bonchev–Trinajstić information content (AvgIpc) is 3.09. The van der Waals surface area contributed by atoms with Crippen molar-refractivity contribution in [2.45, 2.75) is 19.4 Å². The molecule has 116 valence electrons.